The quantitative estimate of drug-likeness (QED) is 0.791. The third-order valence-corrected chi connectivity index (χ3v) is 7.19. The first-order valence-electron chi connectivity index (χ1n) is 8.88. The molecule has 0 aliphatic carbocycles. The van der Waals surface area contributed by atoms with E-state index in [4.69, 9.17) is 0 Å². The summed E-state index contributed by atoms with van der Waals surface area (Å²) in [5, 5.41) is 0. The van der Waals surface area contributed by atoms with Gasteiger partial charge in [0.1, 0.15) is 0 Å². The first kappa shape index (κ1) is 18.2. The molecule has 6 nitrogen and oxygen atoms in total. The van der Waals surface area contributed by atoms with Crippen molar-refractivity contribution in [2.45, 2.75) is 25.4 Å². The molecule has 2 fully saturated rings. The summed E-state index contributed by atoms with van der Waals surface area (Å²) in [6, 6.07) is 9.92. The zero-order chi connectivity index (χ0) is 18.0. The van der Waals surface area contributed by atoms with Crippen LogP contribution in [0.15, 0.2) is 30.3 Å². The van der Waals surface area contributed by atoms with Gasteiger partial charge < -0.3 is 9.80 Å². The lowest BCUT2D eigenvalue weighted by molar-refractivity contribution is -0.136. The lowest BCUT2D eigenvalue weighted by atomic mass is 10.1. The van der Waals surface area contributed by atoms with Gasteiger partial charge in [0.25, 0.3) is 0 Å². The van der Waals surface area contributed by atoms with Crippen molar-refractivity contribution in [1.29, 1.82) is 0 Å². The van der Waals surface area contributed by atoms with E-state index in [2.05, 4.69) is 21.9 Å². The summed E-state index contributed by atoms with van der Waals surface area (Å²) in [7, 11) is -1.24. The van der Waals surface area contributed by atoms with Crippen molar-refractivity contribution in [2.75, 3.05) is 49.6 Å². The summed E-state index contributed by atoms with van der Waals surface area (Å²) in [6.45, 7) is 5.38. The average Bonchev–Trinajstić information content (AvgIpc) is 3.00. The van der Waals surface area contributed by atoms with Gasteiger partial charge in [-0.3, -0.25) is 9.69 Å². The molecule has 2 aliphatic rings. The van der Waals surface area contributed by atoms with E-state index in [1.807, 2.05) is 25.1 Å². The molecule has 2 saturated heterocycles. The van der Waals surface area contributed by atoms with Gasteiger partial charge in [-0.25, -0.2) is 8.42 Å². The second kappa shape index (κ2) is 7.33. The van der Waals surface area contributed by atoms with Gasteiger partial charge in [-0.15, -0.1) is 0 Å². The van der Waals surface area contributed by atoms with Crippen LogP contribution < -0.4 is 4.90 Å². The predicted octanol–water partition coefficient (Wildman–Crippen LogP) is 0.843. The Labute approximate surface area is 150 Å². The number of anilines is 1. The van der Waals surface area contributed by atoms with E-state index in [9.17, 15) is 13.2 Å². The van der Waals surface area contributed by atoms with E-state index in [0.29, 0.717) is 6.42 Å². The smallest absolute Gasteiger partial charge is 0.239 e. The molecule has 25 heavy (non-hydrogen) atoms. The fourth-order valence-corrected chi connectivity index (χ4v) is 5.49. The number of rotatable bonds is 4. The van der Waals surface area contributed by atoms with Crippen molar-refractivity contribution < 1.29 is 13.2 Å². The molecule has 0 saturated carbocycles. The first-order valence-corrected chi connectivity index (χ1v) is 10.7. The van der Waals surface area contributed by atoms with Gasteiger partial charge in [0.15, 0.2) is 9.84 Å². The predicted molar refractivity (Wildman–Crippen MR) is 99.5 cm³/mol. The molecule has 2 aliphatic heterocycles. The second-order valence-corrected chi connectivity index (χ2v) is 9.27. The summed E-state index contributed by atoms with van der Waals surface area (Å²) in [5.41, 5.74) is 1.22. The molecule has 1 aromatic rings. The topological polar surface area (TPSA) is 60.9 Å². The van der Waals surface area contributed by atoms with Crippen molar-refractivity contribution >= 4 is 21.4 Å². The molecule has 7 heteroatoms. The van der Waals surface area contributed by atoms with E-state index in [1.54, 1.807) is 11.9 Å². The van der Waals surface area contributed by atoms with Crippen LogP contribution >= 0.6 is 0 Å². The summed E-state index contributed by atoms with van der Waals surface area (Å²) in [4.78, 5) is 18.9. The third-order valence-electron chi connectivity index (χ3n) is 5.44. The van der Waals surface area contributed by atoms with Crippen molar-refractivity contribution in [1.82, 2.24) is 9.80 Å². The first-order chi connectivity index (χ1) is 11.9. The molecular formula is C18H27N3O3S. The number of piperazine rings is 1. The number of carbonyl (C=O) groups excluding carboxylic acids is 1. The Bertz CT molecular complexity index is 700. The van der Waals surface area contributed by atoms with Crippen molar-refractivity contribution in [2.24, 2.45) is 0 Å². The van der Waals surface area contributed by atoms with Crippen LogP contribution in [0.2, 0.25) is 0 Å². The summed E-state index contributed by atoms with van der Waals surface area (Å²) >= 11 is 0. The van der Waals surface area contributed by atoms with E-state index in [1.165, 1.54) is 5.69 Å². The monoisotopic (exact) mass is 365 g/mol. The van der Waals surface area contributed by atoms with Gasteiger partial charge in [0, 0.05) is 45.0 Å². The number of sulfone groups is 1. The zero-order valence-corrected chi connectivity index (χ0v) is 15.8. The average molecular weight is 365 g/mol. The molecule has 138 valence electrons. The fraction of sp³-hybridized carbons (Fsp3) is 0.611. The maximum atomic E-state index is 12.8. The van der Waals surface area contributed by atoms with Gasteiger partial charge in [-0.2, -0.15) is 0 Å². The summed E-state index contributed by atoms with van der Waals surface area (Å²) in [6.07, 6.45) is 0.555. The molecule has 2 atom stereocenters. The van der Waals surface area contributed by atoms with Crippen LogP contribution in [-0.4, -0.2) is 80.9 Å². The number of likely N-dealkylation sites (N-methyl/N-ethyl adjacent to an activating group) is 1. The molecule has 3 rings (SSSR count). The Morgan fingerprint density at radius 2 is 1.80 bits per heavy atom. The highest BCUT2D eigenvalue weighted by atomic mass is 32.2. The highest BCUT2D eigenvalue weighted by Crippen LogP contribution is 2.20. The van der Waals surface area contributed by atoms with Crippen molar-refractivity contribution in [3.63, 3.8) is 0 Å². The molecule has 0 radical (unpaired) electrons. The fourth-order valence-electron chi connectivity index (χ4n) is 3.72. The van der Waals surface area contributed by atoms with E-state index >= 15 is 0 Å². The SMILES string of the molecule is C[C@@H](C(=O)N(C)[C@H]1CCS(=O)(=O)C1)N1CCN(c2ccccc2)CC1. The Morgan fingerprint density at radius 3 is 2.36 bits per heavy atom. The van der Waals surface area contributed by atoms with Crippen LogP contribution in [0.1, 0.15) is 13.3 Å². The molecule has 0 unspecified atom stereocenters. The number of benzene rings is 1. The van der Waals surface area contributed by atoms with Crippen LogP contribution in [0, 0.1) is 0 Å². The van der Waals surface area contributed by atoms with E-state index in [0.717, 1.165) is 26.2 Å². The van der Waals surface area contributed by atoms with Crippen molar-refractivity contribution in [3.8, 4) is 0 Å². The van der Waals surface area contributed by atoms with Crippen LogP contribution in [0.25, 0.3) is 0 Å². The van der Waals surface area contributed by atoms with Crippen molar-refractivity contribution in [3.05, 3.63) is 30.3 Å². The van der Waals surface area contributed by atoms with Gasteiger partial charge in [0.2, 0.25) is 5.91 Å². The Hall–Kier alpha value is -1.60. The summed E-state index contributed by atoms with van der Waals surface area (Å²) < 4.78 is 23.3. The maximum Gasteiger partial charge on any atom is 0.239 e. The van der Waals surface area contributed by atoms with Crippen LogP contribution in [0.5, 0.6) is 0 Å². The Balaban J connectivity index is 1.55. The van der Waals surface area contributed by atoms with Crippen LogP contribution in [0.3, 0.4) is 0 Å². The minimum Gasteiger partial charge on any atom is -0.369 e. The molecule has 2 heterocycles. The van der Waals surface area contributed by atoms with Gasteiger partial charge in [0.05, 0.1) is 17.5 Å². The number of amides is 1. The number of para-hydroxylation sites is 1. The Kier molecular flexibility index (Phi) is 5.34. The molecule has 0 aromatic heterocycles. The minimum absolute atomic E-state index is 0.0234. The minimum atomic E-state index is -2.98. The summed E-state index contributed by atoms with van der Waals surface area (Å²) in [5.74, 6) is 0.318. The number of carbonyl (C=O) groups is 1. The zero-order valence-electron chi connectivity index (χ0n) is 15.0. The molecule has 0 spiro atoms. The number of hydrogen-bond donors (Lipinski definition) is 0. The van der Waals surface area contributed by atoms with Gasteiger partial charge in [-0.1, -0.05) is 18.2 Å². The third kappa shape index (κ3) is 4.15. The largest absolute Gasteiger partial charge is 0.369 e. The number of nitrogens with zero attached hydrogens (tertiary/aromatic N) is 3. The van der Waals surface area contributed by atoms with E-state index in [-0.39, 0.29) is 29.5 Å². The lowest BCUT2D eigenvalue weighted by Gasteiger charge is -2.40. The Morgan fingerprint density at radius 1 is 1.16 bits per heavy atom. The van der Waals surface area contributed by atoms with E-state index < -0.39 is 9.84 Å². The molecular weight excluding hydrogens is 338 g/mol. The van der Waals surface area contributed by atoms with Gasteiger partial charge >= 0.3 is 0 Å². The van der Waals surface area contributed by atoms with Crippen LogP contribution in [0.4, 0.5) is 5.69 Å². The second-order valence-electron chi connectivity index (χ2n) is 7.04. The molecule has 0 N–H and O–H groups in total. The number of hydrogen-bond acceptors (Lipinski definition) is 5. The van der Waals surface area contributed by atoms with Gasteiger partial charge in [-0.05, 0) is 25.5 Å². The standard InChI is InChI=1S/C18H27N3O3S/c1-15(18(22)19(2)17-8-13-25(23,24)14-17)20-9-11-21(12-10-20)16-6-4-3-5-7-16/h3-7,15,17H,8-14H2,1-2H3/t15-,17-/m0/s1. The highest BCUT2D eigenvalue weighted by molar-refractivity contribution is 7.91. The molecule has 1 amide bonds. The molecule has 0 bridgehead atoms. The maximum absolute atomic E-state index is 12.8. The van der Waals surface area contributed by atoms with Crippen LogP contribution in [-0.2, 0) is 14.6 Å². The normalized spacial score (nSPS) is 24.9. The molecule has 1 aromatic carbocycles. The lowest BCUT2D eigenvalue weighted by Crippen LogP contribution is -2.55. The highest BCUT2D eigenvalue weighted by Gasteiger charge is 2.35.